The van der Waals surface area contributed by atoms with Crippen molar-refractivity contribution in [1.29, 1.82) is 0 Å². The van der Waals surface area contributed by atoms with E-state index in [1.54, 1.807) is 48.4 Å². The minimum atomic E-state index is -5.07. The molecule has 0 saturated carbocycles. The number of ether oxygens (including phenoxy) is 3. The van der Waals surface area contributed by atoms with Gasteiger partial charge < -0.3 is 43.1 Å². The fraction of sp³-hybridized carbons (Fsp3) is 0.500. The predicted octanol–water partition coefficient (Wildman–Crippen LogP) is 8.67. The Morgan fingerprint density at radius 3 is 1.73 bits per heavy atom. The lowest BCUT2D eigenvalue weighted by Crippen LogP contribution is -2.49. The minimum Gasteiger partial charge on any atom is -0.758 e. The molecule has 0 bridgehead atoms. The molecule has 0 aromatic heterocycles. The van der Waals surface area contributed by atoms with Crippen LogP contribution in [-0.4, -0.2) is 251 Å². The lowest BCUT2D eigenvalue weighted by Gasteiger charge is -2.34. The number of amides is 1. The highest BCUT2D eigenvalue weighted by Crippen LogP contribution is 2.53. The number of methoxy groups -OCH3 is 1. The molecule has 0 spiro atoms. The van der Waals surface area contributed by atoms with Gasteiger partial charge in [-0.15, -0.1) is 4.47 Å². The highest BCUT2D eigenvalue weighted by atomic mass is 32.2. The van der Waals surface area contributed by atoms with Crippen molar-refractivity contribution in [2.24, 2.45) is 11.8 Å². The number of ketones is 1. The van der Waals surface area contributed by atoms with E-state index >= 15 is 0 Å². The summed E-state index contributed by atoms with van der Waals surface area (Å²) in [4.78, 5) is 75.7. The first-order chi connectivity index (χ1) is 58.5. The standard InChI is InChI=1S/C82H111N9O27S6/c1-9-37-85(45-47-113-49-51-115-90(119(96)97)57(2)79(94)117-83)38-19-21-61(92)20-13-11-17-39-88-70-35-33-66-68(53-64(121(100,101)102)55-72(66)123(106,107)108)77(70)81(4,5)74(88)22-14-10-15-23-75-82(6,7)78-69-54-65(122(103,104)105)56-73(124(109,110)111)67(69)34-36-71(78)89(75)40-18-12-16-24-76(93)87-43-41-86(42-44-87)46-48-114-50-52-116-91(58(3)80(95)118-84)120(98,99)63-31-27-60(28-32-63)59-25-29-62(112-8)30-26-59/h10,15,23,25-36,53-58H,9,11-14,16-22,24,37-52,83-84H2,1-8H3,(H4-,96,97,100,101,102,103,104,105,106,107,108,109,110,111). The SMILES string of the molecule is CCCN(CCCC(=O)CCCCC[N+]1=C(CCC=CC=C2N(CCCCCC(=O)N3CCN(CCOCCON(C(C)C(=O)ON)S(=O)(=O)c4ccc(-c5ccc(OC)cc5)cc4)CC3)c3ccc4c(S(=O)(=O)O)cc(S(=O)(=O)O)cc4c3C2(C)C)C(C)(C)c2c1ccc1c(S(=O)(=O)O)cc(S(=O)(=O)O)cc21)CCOCCON(C(C)C(=O)ON)S(=O)[O-]. The van der Waals surface area contributed by atoms with E-state index < -0.39 is 116 Å². The van der Waals surface area contributed by atoms with Crippen molar-refractivity contribution >= 4 is 124 Å². The summed E-state index contributed by atoms with van der Waals surface area (Å²) in [6, 6.07) is 20.6. The fourth-order valence-corrected chi connectivity index (χ4v) is 20.6. The van der Waals surface area contributed by atoms with Crippen LogP contribution in [0.1, 0.15) is 143 Å². The summed E-state index contributed by atoms with van der Waals surface area (Å²) in [7, 11) is -23.1. The van der Waals surface area contributed by atoms with Crippen LogP contribution in [-0.2, 0) is 121 Å². The average Bonchev–Trinajstić information content (AvgIpc) is 1.55. The van der Waals surface area contributed by atoms with Gasteiger partial charge in [0.1, 0.15) is 40.0 Å². The molecular weight excluding hydrogens is 1740 g/mol. The number of carbonyl (C=O) groups excluding carboxylic acids is 4. The van der Waals surface area contributed by atoms with Crippen molar-refractivity contribution < 1.29 is 126 Å². The molecule has 0 aliphatic carbocycles. The highest BCUT2D eigenvalue weighted by molar-refractivity contribution is 7.89. The second kappa shape index (κ2) is 43.6. The summed E-state index contributed by atoms with van der Waals surface area (Å²) in [6.45, 7) is 17.3. The number of Topliss-reactive ketones (excluding diaryl/α,β-unsaturated/α-hetero) is 1. The largest absolute Gasteiger partial charge is 0.758 e. The number of hydroxylamine groups is 2. The third-order valence-corrected chi connectivity index (χ3v) is 28.2. The van der Waals surface area contributed by atoms with Gasteiger partial charge >= 0.3 is 11.9 Å². The number of hydrogen-bond acceptors (Lipinski definition) is 28. The van der Waals surface area contributed by atoms with Gasteiger partial charge in [-0.1, -0.05) is 74.1 Å². The van der Waals surface area contributed by atoms with Crippen LogP contribution < -0.4 is 21.4 Å². The Bertz CT molecular complexity index is 5560. The van der Waals surface area contributed by atoms with Gasteiger partial charge in [-0.3, -0.25) is 46.6 Å². The molecule has 3 aliphatic rings. The molecule has 9 rings (SSSR count). The average molecular weight is 1850 g/mol. The number of piperazine rings is 1. The van der Waals surface area contributed by atoms with Gasteiger partial charge in [0.2, 0.25) is 11.6 Å². The first-order valence-electron chi connectivity index (χ1n) is 40.6. The molecule has 3 atom stereocenters. The molecule has 8 N–H and O–H groups in total. The monoisotopic (exact) mass is 1850 g/mol. The first-order valence-corrected chi connectivity index (χ1v) is 48.8. The summed E-state index contributed by atoms with van der Waals surface area (Å²) in [6.07, 6.45) is 12.1. The molecule has 36 nitrogen and oxygen atoms in total. The second-order valence-corrected chi connectivity index (χ2v) is 39.5. The van der Waals surface area contributed by atoms with Crippen molar-refractivity contribution in [3.63, 3.8) is 0 Å². The number of benzene rings is 6. The van der Waals surface area contributed by atoms with Gasteiger partial charge in [-0.2, -0.15) is 50.0 Å². The van der Waals surface area contributed by atoms with Crippen molar-refractivity contribution in [2.45, 2.75) is 179 Å². The summed E-state index contributed by atoms with van der Waals surface area (Å²) < 4.78 is 216. The van der Waals surface area contributed by atoms with Crippen LogP contribution in [0.2, 0.25) is 0 Å². The van der Waals surface area contributed by atoms with Crippen LogP contribution in [0.15, 0.2) is 145 Å². The molecule has 3 aliphatic heterocycles. The van der Waals surface area contributed by atoms with Crippen molar-refractivity contribution in [1.82, 2.24) is 23.6 Å². The Kier molecular flexibility index (Phi) is 35.1. The molecule has 1 saturated heterocycles. The third-order valence-electron chi connectivity index (χ3n) is 22.3. The first kappa shape index (κ1) is 99.7. The zero-order chi connectivity index (χ0) is 90.9. The zero-order valence-corrected chi connectivity index (χ0v) is 75.4. The number of allylic oxidation sites excluding steroid dienone is 4. The molecule has 0 radical (unpaired) electrons. The lowest BCUT2D eigenvalue weighted by atomic mass is 9.78. The smallest absolute Gasteiger partial charge is 0.345 e. The summed E-state index contributed by atoms with van der Waals surface area (Å²) in [5.74, 6) is 8.66. The van der Waals surface area contributed by atoms with Gasteiger partial charge in [-0.05, 0) is 180 Å². The van der Waals surface area contributed by atoms with Crippen LogP contribution in [0.4, 0.5) is 11.4 Å². The molecule has 6 aromatic rings. The molecule has 682 valence electrons. The van der Waals surface area contributed by atoms with Gasteiger partial charge in [0.25, 0.3) is 50.5 Å². The lowest BCUT2D eigenvalue weighted by molar-refractivity contribution is -0.440. The number of carbonyl (C=O) groups is 4. The number of hydrogen-bond donors (Lipinski definition) is 6. The molecule has 1 fully saturated rings. The van der Waals surface area contributed by atoms with Crippen molar-refractivity contribution in [3.05, 3.63) is 132 Å². The fourth-order valence-electron chi connectivity index (χ4n) is 16.0. The van der Waals surface area contributed by atoms with Gasteiger partial charge in [-0.25, -0.2) is 18.0 Å². The van der Waals surface area contributed by atoms with Gasteiger partial charge in [0, 0.05) is 128 Å². The van der Waals surface area contributed by atoms with E-state index in [0.29, 0.717) is 185 Å². The number of nitrogens with two attached hydrogens (primary N) is 2. The second-order valence-electron chi connectivity index (χ2n) is 31.3. The van der Waals surface area contributed by atoms with Crippen molar-refractivity contribution in [2.75, 3.05) is 117 Å². The summed E-state index contributed by atoms with van der Waals surface area (Å²) in [5, 5.41) is 0.312. The minimum absolute atomic E-state index is 0.000193. The maximum absolute atomic E-state index is 13.9. The van der Waals surface area contributed by atoms with E-state index in [1.165, 1.54) is 50.2 Å². The topological polar surface area (TPSA) is 499 Å². The molecule has 3 heterocycles. The third kappa shape index (κ3) is 25.0. The number of sulfonamides is 1. The zero-order valence-electron chi connectivity index (χ0n) is 70.5. The number of unbranched alkanes of at least 4 members (excludes halogenated alkanes) is 4. The molecule has 3 unspecified atom stereocenters. The number of fused-ring (bicyclic) bond motifs is 6. The van der Waals surface area contributed by atoms with Crippen molar-refractivity contribution in [3.8, 4) is 16.9 Å². The molecule has 6 aromatic carbocycles. The molecule has 124 heavy (non-hydrogen) atoms. The molecule has 1 amide bonds. The molecular formula is C82H111N9O27S6. The maximum Gasteiger partial charge on any atom is 0.345 e. The predicted molar refractivity (Wildman–Crippen MR) is 459 cm³/mol. The van der Waals surface area contributed by atoms with Crippen LogP contribution in [0.3, 0.4) is 0 Å². The van der Waals surface area contributed by atoms with Crippen LogP contribution in [0, 0.1) is 0 Å². The Labute approximate surface area is 726 Å². The van der Waals surface area contributed by atoms with Crippen LogP contribution in [0.25, 0.3) is 32.7 Å². The Morgan fingerprint density at radius 2 is 1.15 bits per heavy atom. The van der Waals surface area contributed by atoms with Crippen LogP contribution in [0.5, 0.6) is 5.75 Å². The molecule has 42 heteroatoms. The highest BCUT2D eigenvalue weighted by Gasteiger charge is 2.48. The summed E-state index contributed by atoms with van der Waals surface area (Å²) >= 11 is -2.91. The van der Waals surface area contributed by atoms with E-state index in [-0.39, 0.29) is 84.2 Å². The van der Waals surface area contributed by atoms with E-state index in [1.807, 2.05) is 69.9 Å². The number of rotatable bonds is 49. The Hall–Kier alpha value is -8.03. The number of anilines is 1. The van der Waals surface area contributed by atoms with Gasteiger partial charge in [0.05, 0.1) is 66.9 Å². The van der Waals surface area contributed by atoms with E-state index in [2.05, 4.69) is 24.1 Å². The maximum atomic E-state index is 13.9. The van der Waals surface area contributed by atoms with E-state index in [0.717, 1.165) is 29.8 Å². The van der Waals surface area contributed by atoms with Gasteiger partial charge in [0.15, 0.2) is 5.71 Å². The Balaban J connectivity index is 0.838. The summed E-state index contributed by atoms with van der Waals surface area (Å²) in [5.41, 5.74) is 3.35. The Morgan fingerprint density at radius 1 is 0.589 bits per heavy atom. The van der Waals surface area contributed by atoms with Crippen LogP contribution >= 0.6 is 0 Å². The number of nitrogens with zero attached hydrogens (tertiary/aromatic N) is 7. The van der Waals surface area contributed by atoms with E-state index in [9.17, 15) is 88.2 Å². The van der Waals surface area contributed by atoms with E-state index in [4.69, 9.17) is 35.7 Å². The normalized spacial score (nSPS) is 16.3. The quantitative estimate of drug-likeness (QED) is 0.00683.